The quantitative estimate of drug-likeness (QED) is 0.0565. The molecule has 0 saturated heterocycles. The second-order valence-corrected chi connectivity index (χ2v) is 20.6. The van der Waals surface area contributed by atoms with Gasteiger partial charge in [0, 0.05) is 54.0 Å². The number of rotatable bonds is 11. The Morgan fingerprint density at radius 2 is 1.45 bits per heavy atom. The number of nitrogens with zero attached hydrogens (tertiary/aromatic N) is 2. The maximum atomic E-state index is 14.3. The van der Waals surface area contributed by atoms with E-state index in [1.165, 1.54) is 0 Å². The molecule has 2 aliphatic heterocycles. The van der Waals surface area contributed by atoms with E-state index in [0.29, 0.717) is 39.1 Å². The summed E-state index contributed by atoms with van der Waals surface area (Å²) in [7, 11) is 0.494. The molecule has 0 amide bonds. The number of esters is 1. The van der Waals surface area contributed by atoms with E-state index >= 15 is 0 Å². The summed E-state index contributed by atoms with van der Waals surface area (Å²) in [5.41, 5.74) is 4.31. The molecule has 14 heteroatoms. The van der Waals surface area contributed by atoms with Crippen molar-refractivity contribution in [2.45, 2.75) is 59.7 Å². The molecule has 0 radical (unpaired) electrons. The molecular weight excluding hydrogens is 778 g/mol. The van der Waals surface area contributed by atoms with Gasteiger partial charge in [0.25, 0.3) is 0 Å². The molecule has 3 unspecified atom stereocenters. The molecule has 2 heterocycles. The van der Waals surface area contributed by atoms with Crippen molar-refractivity contribution in [2.75, 3.05) is 58.6 Å². The Morgan fingerprint density at radius 1 is 0.828 bits per heavy atom. The van der Waals surface area contributed by atoms with Crippen molar-refractivity contribution in [1.82, 2.24) is 4.58 Å². The molecule has 0 aromatic heterocycles. The lowest BCUT2D eigenvalue weighted by molar-refractivity contribution is -0.301. The fraction of sp³-hybridized carbons (Fsp3) is 0.386. The van der Waals surface area contributed by atoms with E-state index in [2.05, 4.69) is 0 Å². The van der Waals surface area contributed by atoms with Crippen LogP contribution in [0.15, 0.2) is 77.2 Å². The van der Waals surface area contributed by atoms with Gasteiger partial charge >= 0.3 is 5.97 Å². The average molecular weight is 833 g/mol. The fourth-order valence-electron chi connectivity index (χ4n) is 6.94. The molecule has 3 aromatic carbocycles. The molecule has 3 atom stereocenters. The number of carbonyl (C=O) groups is 2. The predicted molar refractivity (Wildman–Crippen MR) is 227 cm³/mol. The van der Waals surface area contributed by atoms with Crippen molar-refractivity contribution in [3.05, 3.63) is 100 Å². The molecule has 0 fully saturated rings. The van der Waals surface area contributed by atoms with Crippen LogP contribution >= 0.6 is 14.7 Å². The smallest absolute Gasteiger partial charge is 0.316 e. The second kappa shape index (κ2) is 17.6. The van der Waals surface area contributed by atoms with E-state index in [-0.39, 0.29) is 19.4 Å². The molecule has 12 nitrogen and oxygen atoms in total. The molecule has 310 valence electrons. The van der Waals surface area contributed by atoms with Crippen LogP contribution in [0.3, 0.4) is 0 Å². The number of anilines is 1. The minimum absolute atomic E-state index is 0.126. The van der Waals surface area contributed by atoms with Gasteiger partial charge < -0.3 is 37.7 Å². The largest absolute Gasteiger partial charge is 0.550 e. The maximum Gasteiger partial charge on any atom is 0.316 e. The van der Waals surface area contributed by atoms with Crippen molar-refractivity contribution in [1.29, 1.82) is 0 Å². The van der Waals surface area contributed by atoms with Gasteiger partial charge in [-0.25, -0.2) is 4.58 Å². The first-order valence-electron chi connectivity index (χ1n) is 19.1. The number of fused-ring (bicyclic) bond motifs is 4. The van der Waals surface area contributed by atoms with Crippen LogP contribution in [0.5, 0.6) is 11.5 Å². The van der Waals surface area contributed by atoms with Crippen LogP contribution in [-0.4, -0.2) is 71.3 Å². The number of hydrogen-bond donors (Lipinski definition) is 0. The third-order valence-electron chi connectivity index (χ3n) is 9.37. The average Bonchev–Trinajstić information content (AvgIpc) is 3.11. The topological polar surface area (TPSA) is 148 Å². The summed E-state index contributed by atoms with van der Waals surface area (Å²) in [5.74, 6) is -0.162. The Balaban J connectivity index is 0.000000223. The summed E-state index contributed by atoms with van der Waals surface area (Å²) in [6.07, 6.45) is -0.983. The molecule has 0 bridgehead atoms. The van der Waals surface area contributed by atoms with Gasteiger partial charge in [0.15, 0.2) is 0 Å². The number of aryl methyl sites for hydroxylation is 2. The zero-order chi connectivity index (χ0) is 42.7. The van der Waals surface area contributed by atoms with Crippen molar-refractivity contribution in [3.8, 4) is 22.8 Å². The zero-order valence-corrected chi connectivity index (χ0v) is 37.0. The molecule has 3 aliphatic rings. The SMILES string of the molecule is CCOP(=O)(CC(=O)OC(C)(C)C)C1c2ccc(C)cc2Oc2cc(N(C)C)ccc21.CCOP(=O)(CC(=O)[O-])c1c2ccc(=[N+](C)C)cc-2oc2cc(C)ccc12. The Morgan fingerprint density at radius 3 is 2.05 bits per heavy atom. The molecule has 58 heavy (non-hydrogen) atoms. The highest BCUT2D eigenvalue weighted by Gasteiger charge is 2.45. The standard InChI is InChI=1S/C24H32NO5P.C20H22NO5P/c1-8-28-31(27,15-22(26)30-24(3,4)5)23-18-11-9-16(2)13-20(18)29-21-14-17(25(6)7)10-12-19(21)23;1-5-25-27(24,12-19(22)23)20-15-8-6-13(2)10-17(15)26-18-11-14(21(3)4)7-9-16(18)20/h9-14,23H,8,15H2,1-7H3;6-11H,5,12H2,1-4H3. The molecule has 0 N–H and O–H groups in total. The van der Waals surface area contributed by atoms with E-state index in [1.807, 2.05) is 112 Å². The van der Waals surface area contributed by atoms with E-state index in [1.54, 1.807) is 46.8 Å². The third kappa shape index (κ3) is 9.92. The number of ether oxygens (including phenoxy) is 2. The minimum atomic E-state index is -3.71. The van der Waals surface area contributed by atoms with E-state index in [4.69, 9.17) is 22.9 Å². The summed E-state index contributed by atoms with van der Waals surface area (Å²) >= 11 is 0. The Kier molecular flexibility index (Phi) is 13.5. The molecule has 6 rings (SSSR count). The molecule has 0 saturated carbocycles. The Hall–Kier alpha value is -4.73. The summed E-state index contributed by atoms with van der Waals surface area (Å²) in [6.45, 7) is 13.1. The third-order valence-corrected chi connectivity index (χ3v) is 14.6. The first-order chi connectivity index (χ1) is 27.2. The van der Waals surface area contributed by atoms with Crippen LogP contribution in [0, 0.1) is 13.8 Å². The van der Waals surface area contributed by atoms with Gasteiger partial charge in [-0.15, -0.1) is 0 Å². The number of carboxylic acid groups (broad SMARTS) is 1. The van der Waals surface area contributed by atoms with Crippen LogP contribution in [0.2, 0.25) is 0 Å². The van der Waals surface area contributed by atoms with Crippen molar-refractivity contribution < 1.29 is 46.8 Å². The highest BCUT2D eigenvalue weighted by molar-refractivity contribution is 7.68. The van der Waals surface area contributed by atoms with Crippen LogP contribution < -0.4 is 30.0 Å². The number of hydrogen-bond acceptors (Lipinski definition) is 11. The van der Waals surface area contributed by atoms with Crippen molar-refractivity contribution >= 4 is 48.6 Å². The van der Waals surface area contributed by atoms with Crippen molar-refractivity contribution in [3.63, 3.8) is 0 Å². The predicted octanol–water partition coefficient (Wildman–Crippen LogP) is 7.48. The first kappa shape index (κ1) is 44.4. The lowest BCUT2D eigenvalue weighted by Gasteiger charge is -2.34. The summed E-state index contributed by atoms with van der Waals surface area (Å²) in [6, 6.07) is 22.6. The van der Waals surface area contributed by atoms with Gasteiger partial charge in [-0.3, -0.25) is 13.9 Å². The lowest BCUT2D eigenvalue weighted by atomic mass is 9.98. The van der Waals surface area contributed by atoms with Crippen LogP contribution in [0.4, 0.5) is 5.69 Å². The van der Waals surface area contributed by atoms with E-state index in [0.717, 1.165) is 33.3 Å². The normalized spacial score (nSPS) is 15.5. The summed E-state index contributed by atoms with van der Waals surface area (Å²) in [4.78, 5) is 26.0. The Labute approximate surface area is 340 Å². The number of carboxylic acids is 1. The number of aliphatic carboxylic acids is 1. The van der Waals surface area contributed by atoms with Gasteiger partial charge in [0.1, 0.15) is 48.7 Å². The summed E-state index contributed by atoms with van der Waals surface area (Å²) < 4.78 is 59.1. The molecular formula is C44H54N2O10P2. The van der Waals surface area contributed by atoms with Gasteiger partial charge in [0.05, 0.1) is 42.4 Å². The van der Waals surface area contributed by atoms with Crippen LogP contribution in [0.1, 0.15) is 62.5 Å². The van der Waals surface area contributed by atoms with Gasteiger partial charge in [-0.2, -0.15) is 0 Å². The van der Waals surface area contributed by atoms with Crippen LogP contribution in [0.25, 0.3) is 22.3 Å². The van der Waals surface area contributed by atoms with E-state index < -0.39 is 44.1 Å². The van der Waals surface area contributed by atoms with Gasteiger partial charge in [0.2, 0.25) is 20.1 Å². The number of benzene rings is 4. The summed E-state index contributed by atoms with van der Waals surface area (Å²) in [5, 5.41) is 13.2. The highest BCUT2D eigenvalue weighted by Crippen LogP contribution is 2.67. The molecule has 1 aliphatic carbocycles. The monoisotopic (exact) mass is 832 g/mol. The zero-order valence-electron chi connectivity index (χ0n) is 35.2. The highest BCUT2D eigenvalue weighted by atomic mass is 31.2. The van der Waals surface area contributed by atoms with Gasteiger partial charge in [-0.1, -0.05) is 30.3 Å². The van der Waals surface area contributed by atoms with E-state index in [9.17, 15) is 23.8 Å². The lowest BCUT2D eigenvalue weighted by Crippen LogP contribution is -2.30. The fourth-order valence-corrected chi connectivity index (χ4v) is 11.7. The molecule has 3 aromatic rings. The van der Waals surface area contributed by atoms with Gasteiger partial charge in [-0.05, 0) is 83.9 Å². The minimum Gasteiger partial charge on any atom is -0.550 e. The van der Waals surface area contributed by atoms with Crippen molar-refractivity contribution in [2.24, 2.45) is 0 Å². The second-order valence-electron chi connectivity index (χ2n) is 15.7. The van der Waals surface area contributed by atoms with Crippen LogP contribution in [-0.2, 0) is 32.5 Å². The number of carbonyl (C=O) groups excluding carboxylic acids is 2. The molecule has 0 spiro atoms. The maximum absolute atomic E-state index is 14.3. The first-order valence-corrected chi connectivity index (χ1v) is 22.8. The Bertz CT molecular complexity index is 2480.